The molecule has 3 rings (SSSR count). The van der Waals surface area contributed by atoms with Gasteiger partial charge in [0.05, 0.1) is 0 Å². The Labute approximate surface area is 136 Å². The zero-order valence-electron chi connectivity index (χ0n) is 14.8. The third-order valence-corrected chi connectivity index (χ3v) is 6.18. The van der Waals surface area contributed by atoms with E-state index in [9.17, 15) is 0 Å². The van der Waals surface area contributed by atoms with Gasteiger partial charge in [-0.1, -0.05) is 31.9 Å². The van der Waals surface area contributed by atoms with Gasteiger partial charge in [-0.25, -0.2) is 0 Å². The number of hydrogen-bond donors (Lipinski definition) is 1. The van der Waals surface area contributed by atoms with Crippen molar-refractivity contribution in [1.82, 2.24) is 5.32 Å². The predicted octanol–water partition coefficient (Wildman–Crippen LogP) is 5.28. The summed E-state index contributed by atoms with van der Waals surface area (Å²) in [6.45, 7) is 9.52. The van der Waals surface area contributed by atoms with Crippen LogP contribution in [0.5, 0.6) is 0 Å². The highest BCUT2D eigenvalue weighted by Gasteiger charge is 2.40. The Balaban J connectivity index is 1.68. The lowest BCUT2D eigenvalue weighted by Crippen LogP contribution is -2.54. The lowest BCUT2D eigenvalue weighted by atomic mass is 9.65. The first-order chi connectivity index (χ1) is 10.6. The van der Waals surface area contributed by atoms with E-state index < -0.39 is 0 Å². The molecule has 22 heavy (non-hydrogen) atoms. The minimum absolute atomic E-state index is 0.679. The summed E-state index contributed by atoms with van der Waals surface area (Å²) < 4.78 is 0. The third kappa shape index (κ3) is 3.25. The van der Waals surface area contributed by atoms with Crippen LogP contribution >= 0.6 is 0 Å². The summed E-state index contributed by atoms with van der Waals surface area (Å²) in [6.07, 6.45) is 10.9. The van der Waals surface area contributed by atoms with E-state index in [1.54, 1.807) is 22.3 Å². The van der Waals surface area contributed by atoms with Crippen LogP contribution in [0.1, 0.15) is 80.0 Å². The first-order valence-electron chi connectivity index (χ1n) is 9.44. The van der Waals surface area contributed by atoms with E-state index in [1.165, 1.54) is 64.5 Å². The van der Waals surface area contributed by atoms with Crippen molar-refractivity contribution >= 4 is 0 Å². The molecular weight excluding hydrogens is 266 g/mol. The summed E-state index contributed by atoms with van der Waals surface area (Å²) in [5, 5.41) is 3.48. The molecule has 0 amide bonds. The van der Waals surface area contributed by atoms with Crippen LogP contribution in [-0.4, -0.2) is 13.1 Å². The molecule has 1 spiro atoms. The van der Waals surface area contributed by atoms with E-state index in [2.05, 4.69) is 38.2 Å². The molecule has 1 heteroatoms. The fourth-order valence-corrected chi connectivity index (χ4v) is 4.78. The number of benzene rings is 1. The molecule has 0 aromatic heterocycles. The second-order valence-electron chi connectivity index (χ2n) is 7.98. The molecule has 1 saturated heterocycles. The van der Waals surface area contributed by atoms with Crippen LogP contribution in [0.2, 0.25) is 0 Å². The van der Waals surface area contributed by atoms with E-state index >= 15 is 0 Å². The molecule has 1 heterocycles. The van der Waals surface area contributed by atoms with Gasteiger partial charge in [0.25, 0.3) is 0 Å². The molecule has 0 radical (unpaired) electrons. The number of hydrogen-bond acceptors (Lipinski definition) is 1. The highest BCUT2D eigenvalue weighted by molar-refractivity contribution is 5.40. The van der Waals surface area contributed by atoms with E-state index in [0.717, 1.165) is 5.92 Å². The Hall–Kier alpha value is -0.820. The Morgan fingerprint density at radius 3 is 2.18 bits per heavy atom. The van der Waals surface area contributed by atoms with E-state index in [0.29, 0.717) is 5.41 Å². The summed E-state index contributed by atoms with van der Waals surface area (Å²) in [5.74, 6) is 0.816. The molecule has 0 unspecified atom stereocenters. The molecule has 1 aliphatic heterocycles. The van der Waals surface area contributed by atoms with Crippen LogP contribution in [0.15, 0.2) is 12.1 Å². The summed E-state index contributed by atoms with van der Waals surface area (Å²) in [6, 6.07) is 4.96. The number of unbranched alkanes of at least 4 members (excludes halogenated alkanes) is 2. The zero-order chi connectivity index (χ0) is 15.6. The maximum Gasteiger partial charge on any atom is 0.00202 e. The molecular formula is C21H33N. The van der Waals surface area contributed by atoms with Gasteiger partial charge in [-0.2, -0.15) is 0 Å². The average Bonchev–Trinajstić information content (AvgIpc) is 2.46. The number of aryl methyl sites for hydroxylation is 3. The Morgan fingerprint density at radius 1 is 1.05 bits per heavy atom. The van der Waals surface area contributed by atoms with E-state index in [4.69, 9.17) is 0 Å². The van der Waals surface area contributed by atoms with Crippen molar-refractivity contribution in [2.45, 2.75) is 78.1 Å². The van der Waals surface area contributed by atoms with Crippen LogP contribution in [0.4, 0.5) is 0 Å². The molecule has 1 saturated carbocycles. The zero-order valence-corrected chi connectivity index (χ0v) is 14.8. The fourth-order valence-electron chi connectivity index (χ4n) is 4.78. The first-order valence-corrected chi connectivity index (χ1v) is 9.44. The summed E-state index contributed by atoms with van der Waals surface area (Å²) in [5.41, 5.74) is 7.03. The van der Waals surface area contributed by atoms with Gasteiger partial charge in [0, 0.05) is 13.1 Å². The highest BCUT2D eigenvalue weighted by atomic mass is 15.0. The molecule has 1 N–H and O–H groups in total. The van der Waals surface area contributed by atoms with Crippen LogP contribution in [0, 0.1) is 19.3 Å². The lowest BCUT2D eigenvalue weighted by Gasteiger charge is -2.48. The summed E-state index contributed by atoms with van der Waals surface area (Å²) in [4.78, 5) is 0. The van der Waals surface area contributed by atoms with Gasteiger partial charge >= 0.3 is 0 Å². The molecule has 2 fully saturated rings. The van der Waals surface area contributed by atoms with Crippen LogP contribution in [0.3, 0.4) is 0 Å². The van der Waals surface area contributed by atoms with Gasteiger partial charge in [0.1, 0.15) is 0 Å². The standard InChI is InChI=1S/C21H33N/c1-4-5-6-7-18-12-16(2)20(17(3)13-18)19-8-10-21(11-9-19)14-22-15-21/h12-13,19,22H,4-11,14-15H2,1-3H3. The van der Waals surface area contributed by atoms with Gasteiger partial charge in [-0.3, -0.25) is 0 Å². The van der Waals surface area contributed by atoms with Gasteiger partial charge in [0.15, 0.2) is 0 Å². The second kappa shape index (κ2) is 6.74. The SMILES string of the molecule is CCCCCc1cc(C)c(C2CCC3(CC2)CNC3)c(C)c1. The minimum Gasteiger partial charge on any atom is -0.316 e. The van der Waals surface area contributed by atoms with Gasteiger partial charge in [0.2, 0.25) is 0 Å². The maximum atomic E-state index is 3.48. The Morgan fingerprint density at radius 2 is 1.68 bits per heavy atom. The van der Waals surface area contributed by atoms with Crippen molar-refractivity contribution in [3.8, 4) is 0 Å². The van der Waals surface area contributed by atoms with Crippen LogP contribution in [0.25, 0.3) is 0 Å². The van der Waals surface area contributed by atoms with Gasteiger partial charge in [-0.05, 0) is 86.0 Å². The number of rotatable bonds is 5. The minimum atomic E-state index is 0.679. The Bertz CT molecular complexity index is 480. The fraction of sp³-hybridized carbons (Fsp3) is 0.714. The van der Waals surface area contributed by atoms with Crippen LogP contribution in [-0.2, 0) is 6.42 Å². The second-order valence-corrected chi connectivity index (χ2v) is 7.98. The molecule has 2 aliphatic rings. The smallest absolute Gasteiger partial charge is 0.00202 e. The molecule has 0 bridgehead atoms. The summed E-state index contributed by atoms with van der Waals surface area (Å²) >= 11 is 0. The quantitative estimate of drug-likeness (QED) is 0.729. The van der Waals surface area contributed by atoms with Crippen molar-refractivity contribution in [3.63, 3.8) is 0 Å². The Kier molecular flexibility index (Phi) is 4.92. The molecule has 122 valence electrons. The molecule has 1 nitrogen and oxygen atoms in total. The average molecular weight is 300 g/mol. The number of nitrogens with one attached hydrogen (secondary N) is 1. The lowest BCUT2D eigenvalue weighted by molar-refractivity contribution is 0.0973. The topological polar surface area (TPSA) is 12.0 Å². The van der Waals surface area contributed by atoms with E-state index in [1.807, 2.05) is 0 Å². The van der Waals surface area contributed by atoms with Crippen molar-refractivity contribution in [3.05, 3.63) is 34.4 Å². The van der Waals surface area contributed by atoms with Gasteiger partial charge in [-0.15, -0.1) is 0 Å². The maximum absolute atomic E-state index is 3.48. The molecule has 1 aromatic rings. The van der Waals surface area contributed by atoms with Crippen molar-refractivity contribution in [2.24, 2.45) is 5.41 Å². The van der Waals surface area contributed by atoms with Crippen LogP contribution < -0.4 is 5.32 Å². The van der Waals surface area contributed by atoms with E-state index in [-0.39, 0.29) is 0 Å². The van der Waals surface area contributed by atoms with Crippen molar-refractivity contribution in [1.29, 1.82) is 0 Å². The predicted molar refractivity (Wildman–Crippen MR) is 95.7 cm³/mol. The molecule has 1 aromatic carbocycles. The van der Waals surface area contributed by atoms with Crippen molar-refractivity contribution < 1.29 is 0 Å². The molecule has 0 atom stereocenters. The van der Waals surface area contributed by atoms with Gasteiger partial charge < -0.3 is 5.32 Å². The normalized spacial score (nSPS) is 21.0. The summed E-state index contributed by atoms with van der Waals surface area (Å²) in [7, 11) is 0. The highest BCUT2D eigenvalue weighted by Crippen LogP contribution is 2.46. The third-order valence-electron chi connectivity index (χ3n) is 6.18. The largest absolute Gasteiger partial charge is 0.316 e. The van der Waals surface area contributed by atoms with Crippen molar-refractivity contribution in [2.75, 3.05) is 13.1 Å². The first kappa shape index (κ1) is 16.1. The molecule has 1 aliphatic carbocycles. The monoisotopic (exact) mass is 299 g/mol.